The molecule has 1 saturated carbocycles. The number of carbonyl (C=O) groups excluding carboxylic acids is 1. The van der Waals surface area contributed by atoms with E-state index in [1.807, 2.05) is 26.1 Å². The number of nitrogens with zero attached hydrogens (tertiary/aromatic N) is 2. The average Bonchev–Trinajstić information content (AvgIpc) is 3.31. The second-order valence-corrected chi connectivity index (χ2v) is 6.56. The van der Waals surface area contributed by atoms with Crippen molar-refractivity contribution >= 4 is 5.91 Å². The maximum Gasteiger partial charge on any atom is 0.220 e. The lowest BCUT2D eigenvalue weighted by atomic mass is 10.1. The van der Waals surface area contributed by atoms with Crippen LogP contribution in [-0.2, 0) is 11.2 Å². The normalized spacial score (nSPS) is 15.4. The first kappa shape index (κ1) is 15.7. The topological polar surface area (TPSA) is 70.7 Å². The van der Waals surface area contributed by atoms with E-state index >= 15 is 0 Å². The van der Waals surface area contributed by atoms with E-state index in [1.165, 1.54) is 5.56 Å². The summed E-state index contributed by atoms with van der Waals surface area (Å²) in [6, 6.07) is 4.10. The molecule has 5 heteroatoms. The molecule has 1 amide bonds. The van der Waals surface area contributed by atoms with E-state index < -0.39 is 0 Å². The predicted molar refractivity (Wildman–Crippen MR) is 89.0 cm³/mol. The van der Waals surface area contributed by atoms with Crippen molar-refractivity contribution in [3.8, 4) is 0 Å². The molecule has 1 fully saturated rings. The number of aromatic nitrogens is 3. The fraction of sp³-hybridized carbons (Fsp3) is 0.500. The van der Waals surface area contributed by atoms with Gasteiger partial charge in [-0.3, -0.25) is 14.9 Å². The second kappa shape index (κ2) is 6.52. The Hall–Kier alpha value is -2.17. The van der Waals surface area contributed by atoms with Gasteiger partial charge in [0.15, 0.2) is 0 Å². The second-order valence-electron chi connectivity index (χ2n) is 6.56. The van der Waals surface area contributed by atoms with Crippen LogP contribution in [0.5, 0.6) is 0 Å². The molecule has 0 saturated heterocycles. The maximum atomic E-state index is 12.4. The minimum Gasteiger partial charge on any atom is -0.347 e. The molecule has 1 atom stereocenters. The summed E-state index contributed by atoms with van der Waals surface area (Å²) in [6.45, 7) is 6.09. The molecule has 1 aliphatic rings. The molecule has 0 spiro atoms. The smallest absolute Gasteiger partial charge is 0.220 e. The fourth-order valence-electron chi connectivity index (χ4n) is 2.85. The SMILES string of the molecule is Cc1ccnc([C@H](NC(=O)CCc2n[nH]c(C)c2C)C2CC2)c1. The third-order valence-corrected chi connectivity index (χ3v) is 4.61. The Labute approximate surface area is 136 Å². The number of aryl methyl sites for hydroxylation is 3. The Morgan fingerprint density at radius 1 is 1.39 bits per heavy atom. The summed E-state index contributed by atoms with van der Waals surface area (Å²) in [5.41, 5.74) is 5.36. The van der Waals surface area contributed by atoms with Gasteiger partial charge in [0, 0.05) is 24.7 Å². The standard InChI is InChI=1S/C18H24N4O/c1-11-8-9-19-16(10-11)18(14-4-5-14)20-17(23)7-6-15-12(2)13(3)21-22-15/h8-10,14,18H,4-7H2,1-3H3,(H,20,23)(H,21,22)/t18-/m1/s1. The lowest BCUT2D eigenvalue weighted by molar-refractivity contribution is -0.122. The molecule has 2 aromatic rings. The molecule has 23 heavy (non-hydrogen) atoms. The molecule has 0 aromatic carbocycles. The molecule has 0 aliphatic heterocycles. The van der Waals surface area contributed by atoms with E-state index in [9.17, 15) is 4.79 Å². The van der Waals surface area contributed by atoms with E-state index in [2.05, 4.69) is 33.5 Å². The van der Waals surface area contributed by atoms with E-state index in [0.717, 1.165) is 35.5 Å². The van der Waals surface area contributed by atoms with Gasteiger partial charge in [-0.1, -0.05) is 0 Å². The first-order chi connectivity index (χ1) is 11.0. The number of hydrogen-bond acceptors (Lipinski definition) is 3. The zero-order chi connectivity index (χ0) is 16.4. The number of rotatable bonds is 6. The van der Waals surface area contributed by atoms with Crippen LogP contribution in [0.25, 0.3) is 0 Å². The number of pyridine rings is 1. The number of H-pyrrole nitrogens is 1. The van der Waals surface area contributed by atoms with Gasteiger partial charge in [0.25, 0.3) is 0 Å². The van der Waals surface area contributed by atoms with Crippen molar-refractivity contribution in [1.29, 1.82) is 0 Å². The van der Waals surface area contributed by atoms with Gasteiger partial charge in [0.2, 0.25) is 5.91 Å². The summed E-state index contributed by atoms with van der Waals surface area (Å²) in [6.07, 6.45) is 5.28. The summed E-state index contributed by atoms with van der Waals surface area (Å²) >= 11 is 0. The summed E-state index contributed by atoms with van der Waals surface area (Å²) in [4.78, 5) is 16.8. The van der Waals surface area contributed by atoms with Crippen LogP contribution in [0.2, 0.25) is 0 Å². The van der Waals surface area contributed by atoms with E-state index in [0.29, 0.717) is 18.8 Å². The molecule has 1 aliphatic carbocycles. The van der Waals surface area contributed by atoms with Crippen molar-refractivity contribution in [3.63, 3.8) is 0 Å². The molecule has 122 valence electrons. The van der Waals surface area contributed by atoms with Crippen molar-refractivity contribution in [2.45, 2.75) is 52.5 Å². The lowest BCUT2D eigenvalue weighted by Gasteiger charge is -2.18. The minimum absolute atomic E-state index is 0.0458. The van der Waals surface area contributed by atoms with Crippen molar-refractivity contribution in [3.05, 3.63) is 46.5 Å². The quantitative estimate of drug-likeness (QED) is 0.861. The summed E-state index contributed by atoms with van der Waals surface area (Å²) in [5, 5.41) is 10.4. The highest BCUT2D eigenvalue weighted by atomic mass is 16.1. The highest BCUT2D eigenvalue weighted by Crippen LogP contribution is 2.40. The van der Waals surface area contributed by atoms with Crippen LogP contribution in [0.1, 0.15) is 53.5 Å². The van der Waals surface area contributed by atoms with Gasteiger partial charge in [-0.2, -0.15) is 5.10 Å². The molecular weight excluding hydrogens is 288 g/mol. The third kappa shape index (κ3) is 3.78. The summed E-state index contributed by atoms with van der Waals surface area (Å²) < 4.78 is 0. The lowest BCUT2D eigenvalue weighted by Crippen LogP contribution is -2.30. The van der Waals surface area contributed by atoms with Gasteiger partial charge >= 0.3 is 0 Å². The van der Waals surface area contributed by atoms with Crippen LogP contribution in [-0.4, -0.2) is 21.1 Å². The monoisotopic (exact) mass is 312 g/mol. The molecule has 2 N–H and O–H groups in total. The van der Waals surface area contributed by atoms with Gasteiger partial charge in [0.05, 0.1) is 17.4 Å². The van der Waals surface area contributed by atoms with Gasteiger partial charge < -0.3 is 5.32 Å². The Morgan fingerprint density at radius 2 is 2.17 bits per heavy atom. The number of aromatic amines is 1. The van der Waals surface area contributed by atoms with Crippen LogP contribution < -0.4 is 5.32 Å². The Morgan fingerprint density at radius 3 is 2.78 bits per heavy atom. The van der Waals surface area contributed by atoms with E-state index in [-0.39, 0.29) is 11.9 Å². The third-order valence-electron chi connectivity index (χ3n) is 4.61. The van der Waals surface area contributed by atoms with E-state index in [4.69, 9.17) is 0 Å². The van der Waals surface area contributed by atoms with Crippen LogP contribution in [0.3, 0.4) is 0 Å². The fourth-order valence-corrected chi connectivity index (χ4v) is 2.85. The Balaban J connectivity index is 1.62. The van der Waals surface area contributed by atoms with Gasteiger partial charge in [0.1, 0.15) is 0 Å². The molecule has 0 bridgehead atoms. The summed E-state index contributed by atoms with van der Waals surface area (Å²) in [7, 11) is 0. The Bertz CT molecular complexity index is 703. The van der Waals surface area contributed by atoms with Crippen LogP contribution >= 0.6 is 0 Å². The highest BCUT2D eigenvalue weighted by molar-refractivity contribution is 5.76. The largest absolute Gasteiger partial charge is 0.347 e. The first-order valence-corrected chi connectivity index (χ1v) is 8.27. The van der Waals surface area contributed by atoms with Crippen LogP contribution in [0.4, 0.5) is 0 Å². The number of amides is 1. The van der Waals surface area contributed by atoms with Gasteiger partial charge in [-0.15, -0.1) is 0 Å². The molecular formula is C18H24N4O. The zero-order valence-corrected chi connectivity index (χ0v) is 14.0. The number of carbonyl (C=O) groups is 1. The van der Waals surface area contributed by atoms with E-state index in [1.54, 1.807) is 0 Å². The molecule has 2 heterocycles. The molecule has 2 aromatic heterocycles. The highest BCUT2D eigenvalue weighted by Gasteiger charge is 2.34. The van der Waals surface area contributed by atoms with Crippen molar-refractivity contribution < 1.29 is 4.79 Å². The van der Waals surface area contributed by atoms with Crippen LogP contribution in [0, 0.1) is 26.7 Å². The molecule has 0 radical (unpaired) electrons. The van der Waals surface area contributed by atoms with Gasteiger partial charge in [-0.25, -0.2) is 0 Å². The zero-order valence-electron chi connectivity index (χ0n) is 14.0. The van der Waals surface area contributed by atoms with Crippen molar-refractivity contribution in [2.75, 3.05) is 0 Å². The molecule has 0 unspecified atom stereocenters. The van der Waals surface area contributed by atoms with Crippen molar-refractivity contribution in [2.24, 2.45) is 5.92 Å². The molecule has 5 nitrogen and oxygen atoms in total. The average molecular weight is 312 g/mol. The number of nitrogens with one attached hydrogen (secondary N) is 2. The van der Waals surface area contributed by atoms with Gasteiger partial charge in [-0.05, 0) is 62.8 Å². The predicted octanol–water partition coefficient (Wildman–Crippen LogP) is 2.93. The first-order valence-electron chi connectivity index (χ1n) is 8.27. The maximum absolute atomic E-state index is 12.4. The number of hydrogen-bond donors (Lipinski definition) is 2. The minimum atomic E-state index is 0.0458. The Kier molecular flexibility index (Phi) is 4.46. The summed E-state index contributed by atoms with van der Waals surface area (Å²) in [5.74, 6) is 0.605. The molecule has 3 rings (SSSR count). The van der Waals surface area contributed by atoms with Crippen molar-refractivity contribution in [1.82, 2.24) is 20.5 Å². The van der Waals surface area contributed by atoms with Crippen LogP contribution in [0.15, 0.2) is 18.3 Å².